The summed E-state index contributed by atoms with van der Waals surface area (Å²) in [4.78, 5) is 13.2. The second-order valence-electron chi connectivity index (χ2n) is 4.74. The normalized spacial score (nSPS) is 24.7. The maximum Gasteiger partial charge on any atom is 0.317 e. The molecule has 1 saturated heterocycles. The molecule has 2 amide bonds. The molecule has 0 radical (unpaired) electrons. The average molecular weight is 218 g/mol. The quantitative estimate of drug-likeness (QED) is 0.753. The van der Waals surface area contributed by atoms with Gasteiger partial charge in [0.25, 0.3) is 6.43 Å². The van der Waals surface area contributed by atoms with E-state index in [0.717, 1.165) is 13.0 Å². The molecule has 0 aromatic carbocycles. The highest BCUT2D eigenvalue weighted by Crippen LogP contribution is 2.52. The third-order valence-corrected chi connectivity index (χ3v) is 3.41. The number of nitrogens with zero attached hydrogens (tertiary/aromatic N) is 1. The summed E-state index contributed by atoms with van der Waals surface area (Å²) in [5, 5.41) is 2.32. The molecule has 1 atom stereocenters. The van der Waals surface area contributed by atoms with Gasteiger partial charge in [0.05, 0.1) is 6.04 Å². The molecule has 15 heavy (non-hydrogen) atoms. The number of urea groups is 1. The molecule has 2 aliphatic rings. The van der Waals surface area contributed by atoms with E-state index >= 15 is 0 Å². The van der Waals surface area contributed by atoms with Gasteiger partial charge in [0.2, 0.25) is 0 Å². The summed E-state index contributed by atoms with van der Waals surface area (Å²) >= 11 is 0. The van der Waals surface area contributed by atoms with Crippen LogP contribution in [0.25, 0.3) is 0 Å². The van der Waals surface area contributed by atoms with Crippen molar-refractivity contribution < 1.29 is 13.6 Å². The second-order valence-corrected chi connectivity index (χ2v) is 4.74. The summed E-state index contributed by atoms with van der Waals surface area (Å²) in [7, 11) is 0. The Bertz CT molecular complexity index is 266. The van der Waals surface area contributed by atoms with Gasteiger partial charge in [-0.1, -0.05) is 0 Å². The Kier molecular flexibility index (Phi) is 2.56. The molecule has 1 aliphatic carbocycles. The minimum atomic E-state index is -2.49. The van der Waals surface area contributed by atoms with Crippen molar-refractivity contribution in [3.63, 3.8) is 0 Å². The summed E-state index contributed by atoms with van der Waals surface area (Å²) in [6, 6.07) is -1.40. The molecule has 0 unspecified atom stereocenters. The lowest BCUT2D eigenvalue weighted by atomic mass is 10.1. The second kappa shape index (κ2) is 3.61. The molecule has 1 spiro atoms. The van der Waals surface area contributed by atoms with Crippen molar-refractivity contribution in [3.05, 3.63) is 0 Å². The van der Waals surface area contributed by atoms with E-state index in [-0.39, 0.29) is 6.03 Å². The van der Waals surface area contributed by atoms with Gasteiger partial charge in [-0.2, -0.15) is 0 Å². The van der Waals surface area contributed by atoms with Crippen molar-refractivity contribution in [1.29, 1.82) is 0 Å². The van der Waals surface area contributed by atoms with Crippen molar-refractivity contribution in [2.24, 2.45) is 5.41 Å². The molecule has 86 valence electrons. The van der Waals surface area contributed by atoms with Gasteiger partial charge in [-0.3, -0.25) is 0 Å². The zero-order valence-corrected chi connectivity index (χ0v) is 8.80. The molecular formula is C10H16F2N2O. The maximum absolute atomic E-state index is 12.2. The lowest BCUT2D eigenvalue weighted by Gasteiger charge is -2.20. The molecule has 0 aromatic rings. The van der Waals surface area contributed by atoms with E-state index in [2.05, 4.69) is 5.32 Å². The molecule has 5 heteroatoms. The number of hydrogen-bond donors (Lipinski definition) is 1. The first-order chi connectivity index (χ1) is 7.02. The Labute approximate surface area is 87.8 Å². The van der Waals surface area contributed by atoms with Crippen LogP contribution in [-0.4, -0.2) is 36.5 Å². The Balaban J connectivity index is 1.81. The number of nitrogens with one attached hydrogen (secondary N) is 1. The van der Waals surface area contributed by atoms with Gasteiger partial charge in [-0.15, -0.1) is 0 Å². The van der Waals surface area contributed by atoms with Gasteiger partial charge in [-0.25, -0.2) is 13.6 Å². The third kappa shape index (κ3) is 2.21. The minimum Gasteiger partial charge on any atom is -0.330 e. The highest BCUT2D eigenvalue weighted by atomic mass is 19.3. The van der Waals surface area contributed by atoms with Crippen molar-refractivity contribution in [2.75, 3.05) is 13.1 Å². The number of amides is 2. The van der Waals surface area contributed by atoms with E-state index in [1.54, 1.807) is 4.90 Å². The Hall–Kier alpha value is -0.870. The molecule has 2 rings (SSSR count). The Morgan fingerprint density at radius 2 is 2.07 bits per heavy atom. The molecule has 1 heterocycles. The number of halogens is 2. The van der Waals surface area contributed by atoms with Crippen molar-refractivity contribution >= 4 is 6.03 Å². The van der Waals surface area contributed by atoms with Crippen LogP contribution in [0, 0.1) is 5.41 Å². The molecule has 3 nitrogen and oxygen atoms in total. The molecule has 1 saturated carbocycles. The predicted molar refractivity (Wildman–Crippen MR) is 51.9 cm³/mol. The van der Waals surface area contributed by atoms with Gasteiger partial charge in [0, 0.05) is 13.1 Å². The molecular weight excluding hydrogens is 202 g/mol. The first kappa shape index (κ1) is 10.6. The zero-order valence-electron chi connectivity index (χ0n) is 8.80. The monoisotopic (exact) mass is 218 g/mol. The molecule has 0 bridgehead atoms. The highest BCUT2D eigenvalue weighted by molar-refractivity contribution is 5.75. The van der Waals surface area contributed by atoms with Crippen LogP contribution in [0.4, 0.5) is 13.6 Å². The number of alkyl halides is 2. The fourth-order valence-corrected chi connectivity index (χ4v) is 2.04. The van der Waals surface area contributed by atoms with Crippen molar-refractivity contribution in [3.8, 4) is 0 Å². The largest absolute Gasteiger partial charge is 0.330 e. The number of carbonyl (C=O) groups excluding carboxylic acids is 1. The van der Waals surface area contributed by atoms with E-state index in [1.807, 2.05) is 0 Å². The predicted octanol–water partition coefficient (Wildman–Crippen LogP) is 1.84. The van der Waals surface area contributed by atoms with E-state index in [1.165, 1.54) is 19.8 Å². The fourth-order valence-electron chi connectivity index (χ4n) is 2.04. The molecule has 0 aromatic heterocycles. The third-order valence-electron chi connectivity index (χ3n) is 3.41. The standard InChI is InChI=1S/C10H16F2N2O/c1-7(8(11)12)13-9(15)14-5-4-10(6-14)2-3-10/h7-8H,2-6H2,1H3,(H,13,15)/t7-/m1/s1. The van der Waals surface area contributed by atoms with Crippen LogP contribution in [0.3, 0.4) is 0 Å². The fraction of sp³-hybridized carbons (Fsp3) is 0.900. The van der Waals surface area contributed by atoms with Crippen LogP contribution in [-0.2, 0) is 0 Å². The van der Waals surface area contributed by atoms with Gasteiger partial charge < -0.3 is 10.2 Å². The molecule has 1 aliphatic heterocycles. The summed E-state index contributed by atoms with van der Waals surface area (Å²) in [6.07, 6.45) is 0.901. The summed E-state index contributed by atoms with van der Waals surface area (Å²) in [5.41, 5.74) is 0.353. The lowest BCUT2D eigenvalue weighted by Crippen LogP contribution is -2.45. The zero-order chi connectivity index (χ0) is 11.1. The van der Waals surface area contributed by atoms with Crippen LogP contribution in [0.1, 0.15) is 26.2 Å². The van der Waals surface area contributed by atoms with Crippen LogP contribution in [0.5, 0.6) is 0 Å². The summed E-state index contributed by atoms with van der Waals surface area (Å²) in [5.74, 6) is 0. The van der Waals surface area contributed by atoms with E-state index in [9.17, 15) is 13.6 Å². The number of likely N-dealkylation sites (tertiary alicyclic amines) is 1. The van der Waals surface area contributed by atoms with E-state index in [0.29, 0.717) is 12.0 Å². The van der Waals surface area contributed by atoms with E-state index < -0.39 is 12.5 Å². The SMILES string of the molecule is C[C@@H](NC(=O)N1CCC2(CC2)C1)C(F)F. The highest BCUT2D eigenvalue weighted by Gasteiger charge is 2.48. The maximum atomic E-state index is 12.2. The van der Waals surface area contributed by atoms with Gasteiger partial charge in [0.15, 0.2) is 0 Å². The van der Waals surface area contributed by atoms with E-state index in [4.69, 9.17) is 0 Å². The van der Waals surface area contributed by atoms with Gasteiger partial charge in [0.1, 0.15) is 0 Å². The number of carbonyl (C=O) groups is 1. The minimum absolute atomic E-state index is 0.341. The smallest absolute Gasteiger partial charge is 0.317 e. The number of hydrogen-bond acceptors (Lipinski definition) is 1. The van der Waals surface area contributed by atoms with Crippen molar-refractivity contribution in [1.82, 2.24) is 10.2 Å². The van der Waals surface area contributed by atoms with Crippen LogP contribution < -0.4 is 5.32 Å². The van der Waals surface area contributed by atoms with Crippen LogP contribution in [0.2, 0.25) is 0 Å². The Morgan fingerprint density at radius 1 is 1.40 bits per heavy atom. The topological polar surface area (TPSA) is 32.3 Å². The van der Waals surface area contributed by atoms with Gasteiger partial charge in [-0.05, 0) is 31.6 Å². The summed E-state index contributed by atoms with van der Waals surface area (Å²) < 4.78 is 24.4. The Morgan fingerprint density at radius 3 is 2.53 bits per heavy atom. The van der Waals surface area contributed by atoms with Crippen LogP contribution in [0.15, 0.2) is 0 Å². The van der Waals surface area contributed by atoms with Crippen LogP contribution >= 0.6 is 0 Å². The molecule has 1 N–H and O–H groups in total. The first-order valence-corrected chi connectivity index (χ1v) is 5.36. The van der Waals surface area contributed by atoms with Gasteiger partial charge >= 0.3 is 6.03 Å². The average Bonchev–Trinajstić information content (AvgIpc) is 2.75. The number of rotatable bonds is 2. The first-order valence-electron chi connectivity index (χ1n) is 5.36. The molecule has 2 fully saturated rings. The summed E-state index contributed by atoms with van der Waals surface area (Å²) in [6.45, 7) is 2.78. The van der Waals surface area contributed by atoms with Crippen molar-refractivity contribution in [2.45, 2.75) is 38.7 Å². The lowest BCUT2D eigenvalue weighted by molar-refractivity contribution is 0.105.